The van der Waals surface area contributed by atoms with Gasteiger partial charge in [0, 0.05) is 0 Å². The summed E-state index contributed by atoms with van der Waals surface area (Å²) >= 11 is 6.33. The van der Waals surface area contributed by atoms with Crippen molar-refractivity contribution >= 4 is 11.6 Å². The van der Waals surface area contributed by atoms with Crippen LogP contribution in [0.2, 0.25) is 0 Å². The van der Waals surface area contributed by atoms with Crippen LogP contribution >= 0.6 is 11.6 Å². The Morgan fingerprint density at radius 2 is 0.944 bits per heavy atom. The van der Waals surface area contributed by atoms with Gasteiger partial charge in [0.15, 0.2) is 6.00 Å². The Bertz CT molecular complexity index is 144. The Morgan fingerprint density at radius 3 is 1.17 bits per heavy atom. The zero-order valence-corrected chi connectivity index (χ0v) is 13.8. The van der Waals surface area contributed by atoms with Gasteiger partial charge in [-0.15, -0.1) is 0 Å². The van der Waals surface area contributed by atoms with Crippen LogP contribution in [0.25, 0.3) is 0 Å². The molecule has 0 bridgehead atoms. The molecule has 0 aliphatic rings. The monoisotopic (exact) mass is 276 g/mol. The fourth-order valence-corrected chi connectivity index (χ4v) is 2.96. The van der Waals surface area contributed by atoms with Crippen LogP contribution in [0.1, 0.15) is 78.6 Å². The van der Waals surface area contributed by atoms with Gasteiger partial charge in [-0.1, -0.05) is 51.6 Å². The standard InChI is InChI=1S/C16H35ClN/c1-4-7-10-13-18(16-17,14-11-8-5-2)15-12-9-6-3/h4-16H2,1-3H3/q+1. The van der Waals surface area contributed by atoms with Gasteiger partial charge in [-0.05, 0) is 38.5 Å². The van der Waals surface area contributed by atoms with Crippen molar-refractivity contribution in [3.63, 3.8) is 0 Å². The van der Waals surface area contributed by atoms with Gasteiger partial charge in [0.2, 0.25) is 0 Å². The maximum Gasteiger partial charge on any atom is 0.154 e. The molecule has 0 spiro atoms. The van der Waals surface area contributed by atoms with Crippen LogP contribution in [-0.2, 0) is 0 Å². The summed E-state index contributed by atoms with van der Waals surface area (Å²) in [5.41, 5.74) is 0. The maximum atomic E-state index is 6.33. The first-order valence-electron chi connectivity index (χ1n) is 8.15. The zero-order chi connectivity index (χ0) is 13.7. The van der Waals surface area contributed by atoms with E-state index in [-0.39, 0.29) is 0 Å². The summed E-state index contributed by atoms with van der Waals surface area (Å²) in [6.45, 7) is 10.7. The van der Waals surface area contributed by atoms with E-state index in [1.807, 2.05) is 0 Å². The average Bonchev–Trinajstić information content (AvgIpc) is 2.39. The molecule has 0 amide bonds. The highest BCUT2D eigenvalue weighted by atomic mass is 35.5. The van der Waals surface area contributed by atoms with E-state index in [0.717, 1.165) is 6.00 Å². The lowest BCUT2D eigenvalue weighted by molar-refractivity contribution is -0.918. The number of halogens is 1. The minimum atomic E-state index is 0.817. The summed E-state index contributed by atoms with van der Waals surface area (Å²) in [6, 6.07) is 0.817. The molecule has 0 rings (SSSR count). The SMILES string of the molecule is CCCCC[N+](CCl)(CCCCC)CCCCC. The van der Waals surface area contributed by atoms with Crippen molar-refractivity contribution in [1.82, 2.24) is 0 Å². The third-order valence-corrected chi connectivity index (χ3v) is 4.47. The Morgan fingerprint density at radius 1 is 0.611 bits per heavy atom. The number of hydrogen-bond acceptors (Lipinski definition) is 0. The molecule has 0 aromatic heterocycles. The minimum absolute atomic E-state index is 0.817. The van der Waals surface area contributed by atoms with Crippen molar-refractivity contribution in [3.8, 4) is 0 Å². The van der Waals surface area contributed by atoms with Crippen LogP contribution in [0.4, 0.5) is 0 Å². The molecule has 0 aromatic rings. The summed E-state index contributed by atoms with van der Waals surface area (Å²) in [5.74, 6) is 0. The quantitative estimate of drug-likeness (QED) is 0.179. The number of alkyl halides is 1. The molecule has 0 N–H and O–H groups in total. The zero-order valence-electron chi connectivity index (χ0n) is 13.0. The summed E-state index contributed by atoms with van der Waals surface area (Å²) in [7, 11) is 0. The second-order valence-electron chi connectivity index (χ2n) is 5.75. The number of nitrogens with zero attached hydrogens (tertiary/aromatic N) is 1. The van der Waals surface area contributed by atoms with Gasteiger partial charge >= 0.3 is 0 Å². The number of rotatable bonds is 13. The third-order valence-electron chi connectivity index (χ3n) is 3.96. The molecular weight excluding hydrogens is 242 g/mol. The second-order valence-corrected chi connectivity index (χ2v) is 5.99. The van der Waals surface area contributed by atoms with E-state index in [4.69, 9.17) is 11.6 Å². The van der Waals surface area contributed by atoms with Crippen LogP contribution in [0.3, 0.4) is 0 Å². The molecule has 0 aliphatic heterocycles. The first-order chi connectivity index (χ1) is 8.74. The van der Waals surface area contributed by atoms with Gasteiger partial charge in [0.05, 0.1) is 19.6 Å². The molecule has 110 valence electrons. The first kappa shape index (κ1) is 18.2. The van der Waals surface area contributed by atoms with Gasteiger partial charge in [-0.3, -0.25) is 0 Å². The molecule has 0 aliphatic carbocycles. The van der Waals surface area contributed by atoms with Gasteiger partial charge in [-0.25, -0.2) is 0 Å². The predicted molar refractivity (Wildman–Crippen MR) is 84.2 cm³/mol. The molecule has 0 aromatic carbocycles. The molecule has 2 heteroatoms. The van der Waals surface area contributed by atoms with Crippen molar-refractivity contribution in [2.45, 2.75) is 78.6 Å². The number of hydrogen-bond donors (Lipinski definition) is 0. The number of unbranched alkanes of at least 4 members (excludes halogenated alkanes) is 6. The first-order valence-corrected chi connectivity index (χ1v) is 8.69. The molecular formula is C16H35ClN+. The Labute approximate surface area is 120 Å². The lowest BCUT2D eigenvalue weighted by Crippen LogP contribution is -2.49. The molecule has 0 atom stereocenters. The fourth-order valence-electron chi connectivity index (χ4n) is 2.61. The topological polar surface area (TPSA) is 0 Å². The third kappa shape index (κ3) is 8.37. The molecule has 0 radical (unpaired) electrons. The molecule has 0 saturated carbocycles. The summed E-state index contributed by atoms with van der Waals surface area (Å²) in [4.78, 5) is 0. The lowest BCUT2D eigenvalue weighted by Gasteiger charge is -2.37. The Hall–Kier alpha value is 0.250. The average molecular weight is 277 g/mol. The van der Waals surface area contributed by atoms with E-state index < -0.39 is 0 Å². The van der Waals surface area contributed by atoms with Gasteiger partial charge in [0.1, 0.15) is 0 Å². The van der Waals surface area contributed by atoms with Crippen LogP contribution in [0.15, 0.2) is 0 Å². The molecule has 0 heterocycles. The van der Waals surface area contributed by atoms with Crippen LogP contribution in [-0.4, -0.2) is 30.1 Å². The van der Waals surface area contributed by atoms with Crippen LogP contribution < -0.4 is 0 Å². The smallest absolute Gasteiger partial charge is 0.154 e. The maximum absolute atomic E-state index is 6.33. The Balaban J connectivity index is 4.20. The summed E-state index contributed by atoms with van der Waals surface area (Å²) in [5, 5.41) is 0. The van der Waals surface area contributed by atoms with Gasteiger partial charge in [-0.2, -0.15) is 0 Å². The van der Waals surface area contributed by atoms with Crippen molar-refractivity contribution in [2.75, 3.05) is 25.6 Å². The van der Waals surface area contributed by atoms with Gasteiger partial charge in [0.25, 0.3) is 0 Å². The highest BCUT2D eigenvalue weighted by molar-refractivity contribution is 6.16. The van der Waals surface area contributed by atoms with Crippen molar-refractivity contribution in [1.29, 1.82) is 0 Å². The normalized spacial score (nSPS) is 12.0. The molecule has 0 unspecified atom stereocenters. The molecule has 1 nitrogen and oxygen atoms in total. The highest BCUT2D eigenvalue weighted by Gasteiger charge is 2.24. The summed E-state index contributed by atoms with van der Waals surface area (Å²) in [6.07, 6.45) is 12.1. The number of quaternary nitrogens is 1. The lowest BCUT2D eigenvalue weighted by atomic mass is 10.1. The van der Waals surface area contributed by atoms with Crippen LogP contribution in [0.5, 0.6) is 0 Å². The Kier molecular flexibility index (Phi) is 12.5. The largest absolute Gasteiger partial charge is 0.311 e. The van der Waals surface area contributed by atoms with E-state index in [1.54, 1.807) is 0 Å². The minimum Gasteiger partial charge on any atom is -0.311 e. The van der Waals surface area contributed by atoms with Crippen LogP contribution in [0, 0.1) is 0 Å². The van der Waals surface area contributed by atoms with Crippen molar-refractivity contribution in [3.05, 3.63) is 0 Å². The fraction of sp³-hybridized carbons (Fsp3) is 1.00. The van der Waals surface area contributed by atoms with E-state index in [9.17, 15) is 0 Å². The van der Waals surface area contributed by atoms with E-state index in [0.29, 0.717) is 0 Å². The van der Waals surface area contributed by atoms with Crippen molar-refractivity contribution in [2.24, 2.45) is 0 Å². The van der Waals surface area contributed by atoms with E-state index in [2.05, 4.69) is 20.8 Å². The van der Waals surface area contributed by atoms with E-state index in [1.165, 1.54) is 81.9 Å². The van der Waals surface area contributed by atoms with Gasteiger partial charge < -0.3 is 4.48 Å². The predicted octanol–water partition coefficient (Wildman–Crippen LogP) is 5.57. The summed E-state index contributed by atoms with van der Waals surface area (Å²) < 4.78 is 1.17. The molecule has 0 saturated heterocycles. The highest BCUT2D eigenvalue weighted by Crippen LogP contribution is 2.17. The molecule has 0 fully saturated rings. The molecule has 18 heavy (non-hydrogen) atoms. The second kappa shape index (κ2) is 12.3. The van der Waals surface area contributed by atoms with E-state index >= 15 is 0 Å². The van der Waals surface area contributed by atoms with Crippen molar-refractivity contribution < 1.29 is 4.48 Å².